The average molecular weight is 383 g/mol. The zero-order valence-corrected chi connectivity index (χ0v) is 15.3. The summed E-state index contributed by atoms with van der Waals surface area (Å²) >= 11 is 1.25. The Kier molecular flexibility index (Phi) is 6.16. The second-order valence-corrected chi connectivity index (χ2v) is 6.40. The second kappa shape index (κ2) is 8.95. The summed E-state index contributed by atoms with van der Waals surface area (Å²) < 4.78 is 4.65. The van der Waals surface area contributed by atoms with Crippen LogP contribution in [0.1, 0.15) is 15.9 Å². The number of aromatic amines is 1. The Hall–Kier alpha value is -3.20. The van der Waals surface area contributed by atoms with Gasteiger partial charge in [-0.05, 0) is 29.8 Å². The summed E-state index contributed by atoms with van der Waals surface area (Å²) in [5, 5.41) is 10.3. The van der Waals surface area contributed by atoms with Crippen molar-refractivity contribution >= 4 is 23.6 Å². The van der Waals surface area contributed by atoms with Gasteiger partial charge >= 0.3 is 5.97 Å². The number of H-pyrrole nitrogens is 1. The summed E-state index contributed by atoms with van der Waals surface area (Å²) in [6.07, 6.45) is 3.35. The quantitative estimate of drug-likeness (QED) is 0.475. The molecule has 0 radical (unpaired) electrons. The topological polar surface area (TPSA) is 110 Å². The van der Waals surface area contributed by atoms with Crippen molar-refractivity contribution in [3.63, 3.8) is 0 Å². The van der Waals surface area contributed by atoms with E-state index < -0.39 is 0 Å². The molecule has 2 aromatic heterocycles. The molecule has 1 amide bonds. The number of methoxy groups -OCH3 is 1. The fourth-order valence-corrected chi connectivity index (χ4v) is 2.84. The highest BCUT2D eigenvalue weighted by molar-refractivity contribution is 7.99. The molecule has 0 unspecified atom stereocenters. The van der Waals surface area contributed by atoms with E-state index in [4.69, 9.17) is 0 Å². The minimum atomic E-state index is -0.389. The molecule has 0 atom stereocenters. The molecule has 27 heavy (non-hydrogen) atoms. The summed E-state index contributed by atoms with van der Waals surface area (Å²) in [5.74, 6) is 0.311. The summed E-state index contributed by atoms with van der Waals surface area (Å²) in [7, 11) is 1.34. The van der Waals surface area contributed by atoms with Crippen molar-refractivity contribution in [2.45, 2.75) is 11.7 Å². The van der Waals surface area contributed by atoms with Crippen molar-refractivity contribution in [2.75, 3.05) is 12.9 Å². The van der Waals surface area contributed by atoms with E-state index in [9.17, 15) is 9.59 Å². The maximum absolute atomic E-state index is 12.0. The molecule has 0 aliphatic rings. The third-order valence-electron chi connectivity index (χ3n) is 3.62. The Morgan fingerprint density at radius 3 is 2.59 bits per heavy atom. The maximum Gasteiger partial charge on any atom is 0.337 e. The second-order valence-electron chi connectivity index (χ2n) is 5.46. The first-order valence-corrected chi connectivity index (χ1v) is 9.04. The van der Waals surface area contributed by atoms with Crippen molar-refractivity contribution in [3.8, 4) is 11.4 Å². The Labute approximate surface area is 159 Å². The van der Waals surface area contributed by atoms with Crippen LogP contribution >= 0.6 is 11.8 Å². The third-order valence-corrected chi connectivity index (χ3v) is 4.46. The highest BCUT2D eigenvalue weighted by atomic mass is 32.2. The molecule has 0 aliphatic heterocycles. The monoisotopic (exact) mass is 383 g/mol. The number of ether oxygens (including phenoxy) is 1. The largest absolute Gasteiger partial charge is 0.465 e. The highest BCUT2D eigenvalue weighted by Gasteiger charge is 2.09. The lowest BCUT2D eigenvalue weighted by Gasteiger charge is -2.05. The van der Waals surface area contributed by atoms with E-state index in [1.54, 1.807) is 36.7 Å². The Morgan fingerprint density at radius 2 is 1.89 bits per heavy atom. The summed E-state index contributed by atoms with van der Waals surface area (Å²) in [6.45, 7) is 0.372. The molecular formula is C18H17N5O3S. The van der Waals surface area contributed by atoms with Gasteiger partial charge in [-0.2, -0.15) is 0 Å². The lowest BCUT2D eigenvalue weighted by Crippen LogP contribution is -2.24. The SMILES string of the molecule is COC(=O)c1ccc(CNC(=O)CSc2n[nH]c(-c3ccncc3)n2)cc1. The maximum atomic E-state index is 12.0. The molecule has 2 N–H and O–H groups in total. The molecular weight excluding hydrogens is 366 g/mol. The van der Waals surface area contributed by atoms with E-state index in [-0.39, 0.29) is 17.6 Å². The van der Waals surface area contributed by atoms with Gasteiger partial charge in [0.1, 0.15) is 0 Å². The van der Waals surface area contributed by atoms with E-state index in [1.165, 1.54) is 18.9 Å². The van der Waals surface area contributed by atoms with Crippen LogP contribution in [0.3, 0.4) is 0 Å². The molecule has 8 nitrogen and oxygen atoms in total. The molecule has 138 valence electrons. The van der Waals surface area contributed by atoms with Gasteiger partial charge < -0.3 is 10.1 Å². The van der Waals surface area contributed by atoms with Gasteiger partial charge in [0.2, 0.25) is 11.1 Å². The van der Waals surface area contributed by atoms with Crippen LogP contribution in [0.2, 0.25) is 0 Å². The van der Waals surface area contributed by atoms with Crippen molar-refractivity contribution in [2.24, 2.45) is 0 Å². The van der Waals surface area contributed by atoms with Gasteiger partial charge in [0.15, 0.2) is 5.82 Å². The van der Waals surface area contributed by atoms with Crippen LogP contribution in [0.15, 0.2) is 53.9 Å². The van der Waals surface area contributed by atoms with Crippen LogP contribution in [-0.2, 0) is 16.1 Å². The van der Waals surface area contributed by atoms with Gasteiger partial charge in [-0.25, -0.2) is 9.78 Å². The van der Waals surface area contributed by atoms with E-state index in [0.29, 0.717) is 23.1 Å². The van der Waals surface area contributed by atoms with Gasteiger partial charge in [0.05, 0.1) is 18.4 Å². The Balaban J connectivity index is 1.46. The number of hydrogen-bond acceptors (Lipinski definition) is 7. The first-order chi connectivity index (χ1) is 13.2. The van der Waals surface area contributed by atoms with Gasteiger partial charge in [0.25, 0.3) is 0 Å². The fourth-order valence-electron chi connectivity index (χ4n) is 2.21. The molecule has 3 aromatic rings. The lowest BCUT2D eigenvalue weighted by atomic mass is 10.1. The first kappa shape index (κ1) is 18.6. The van der Waals surface area contributed by atoms with Crippen molar-refractivity contribution in [1.29, 1.82) is 0 Å². The van der Waals surface area contributed by atoms with E-state index >= 15 is 0 Å². The molecule has 3 rings (SSSR count). The highest BCUT2D eigenvalue weighted by Crippen LogP contribution is 2.18. The van der Waals surface area contributed by atoms with Gasteiger partial charge in [-0.3, -0.25) is 14.9 Å². The van der Waals surface area contributed by atoms with E-state index in [2.05, 4.69) is 30.2 Å². The number of nitrogens with one attached hydrogen (secondary N) is 2. The number of pyridine rings is 1. The summed E-state index contributed by atoms with van der Waals surface area (Å²) in [6, 6.07) is 10.5. The predicted molar refractivity (Wildman–Crippen MR) is 100.0 cm³/mol. The Morgan fingerprint density at radius 1 is 1.15 bits per heavy atom. The van der Waals surface area contributed by atoms with Crippen LogP contribution in [0.25, 0.3) is 11.4 Å². The van der Waals surface area contributed by atoms with Crippen LogP contribution in [0, 0.1) is 0 Å². The number of esters is 1. The van der Waals surface area contributed by atoms with Crippen LogP contribution < -0.4 is 5.32 Å². The lowest BCUT2D eigenvalue weighted by molar-refractivity contribution is -0.118. The number of rotatable bonds is 7. The number of carbonyl (C=O) groups is 2. The molecule has 9 heteroatoms. The summed E-state index contributed by atoms with van der Waals surface area (Å²) in [5.41, 5.74) is 2.24. The van der Waals surface area contributed by atoms with Crippen LogP contribution in [-0.4, -0.2) is 44.9 Å². The van der Waals surface area contributed by atoms with Crippen molar-refractivity contribution in [3.05, 3.63) is 59.9 Å². The smallest absolute Gasteiger partial charge is 0.337 e. The predicted octanol–water partition coefficient (Wildman–Crippen LogP) is 2.06. The molecule has 0 saturated carbocycles. The molecule has 1 aromatic carbocycles. The molecule has 0 saturated heterocycles. The minimum absolute atomic E-state index is 0.132. The van der Waals surface area contributed by atoms with Crippen molar-refractivity contribution in [1.82, 2.24) is 25.5 Å². The standard InChI is InChI=1S/C18H17N5O3S/c1-26-17(25)14-4-2-12(3-5-14)10-20-15(24)11-27-18-21-16(22-23-18)13-6-8-19-9-7-13/h2-9H,10-11H2,1H3,(H,20,24)(H,21,22,23). The zero-order valence-electron chi connectivity index (χ0n) is 14.5. The van der Waals surface area contributed by atoms with Crippen molar-refractivity contribution < 1.29 is 14.3 Å². The number of aromatic nitrogens is 4. The third kappa shape index (κ3) is 5.14. The number of thioether (sulfide) groups is 1. The van der Waals surface area contributed by atoms with Gasteiger partial charge in [-0.15, -0.1) is 5.10 Å². The van der Waals surface area contributed by atoms with Gasteiger partial charge in [-0.1, -0.05) is 23.9 Å². The molecule has 0 aliphatic carbocycles. The number of amides is 1. The number of carbonyl (C=O) groups excluding carboxylic acids is 2. The zero-order chi connectivity index (χ0) is 19.1. The normalized spacial score (nSPS) is 10.4. The molecule has 0 bridgehead atoms. The number of hydrogen-bond donors (Lipinski definition) is 2. The Bertz CT molecular complexity index is 912. The molecule has 0 spiro atoms. The van der Waals surface area contributed by atoms with Gasteiger partial charge in [0, 0.05) is 24.5 Å². The van der Waals surface area contributed by atoms with E-state index in [0.717, 1.165) is 11.1 Å². The fraction of sp³-hybridized carbons (Fsp3) is 0.167. The number of benzene rings is 1. The molecule has 0 fully saturated rings. The van der Waals surface area contributed by atoms with E-state index in [1.807, 2.05) is 12.1 Å². The average Bonchev–Trinajstić information content (AvgIpc) is 3.20. The first-order valence-electron chi connectivity index (χ1n) is 8.05. The number of nitrogens with zero attached hydrogens (tertiary/aromatic N) is 3. The molecule has 2 heterocycles. The minimum Gasteiger partial charge on any atom is -0.465 e. The van der Waals surface area contributed by atoms with Crippen LogP contribution in [0.4, 0.5) is 0 Å². The van der Waals surface area contributed by atoms with Crippen LogP contribution in [0.5, 0.6) is 0 Å². The summed E-state index contributed by atoms with van der Waals surface area (Å²) in [4.78, 5) is 31.7.